The molecule has 0 aliphatic rings. The molecule has 0 unspecified atom stereocenters. The quantitative estimate of drug-likeness (QED) is 0.812. The number of nitrogens with one attached hydrogen (secondary N) is 1. The minimum atomic E-state index is -4.00. The predicted molar refractivity (Wildman–Crippen MR) is 83.0 cm³/mol. The Hall–Kier alpha value is -1.23. The number of aromatic nitrogens is 2. The molecular weight excluding hydrogens is 382 g/mol. The third-order valence-corrected chi connectivity index (χ3v) is 6.13. The van der Waals surface area contributed by atoms with Crippen LogP contribution >= 0.6 is 27.3 Å². The molecule has 0 radical (unpaired) electrons. The van der Waals surface area contributed by atoms with Crippen LogP contribution in [-0.2, 0) is 30.7 Å². The average Bonchev–Trinajstić information content (AvgIpc) is 2.83. The summed E-state index contributed by atoms with van der Waals surface area (Å²) in [6.45, 7) is 0.0621. The molecule has 0 saturated carbocycles. The zero-order valence-electron chi connectivity index (χ0n) is 11.2. The van der Waals surface area contributed by atoms with Crippen LogP contribution in [0.4, 0.5) is 0 Å². The van der Waals surface area contributed by atoms with Crippen LogP contribution in [0.3, 0.4) is 0 Å². The number of aryl methyl sites for hydroxylation is 1. The molecule has 0 aromatic carbocycles. The van der Waals surface area contributed by atoms with E-state index >= 15 is 0 Å². The summed E-state index contributed by atoms with van der Waals surface area (Å²) in [5.41, 5.74) is -1.43. The Bertz CT molecular complexity index is 895. The Morgan fingerprint density at radius 1 is 1.33 bits per heavy atom. The second-order valence-electron chi connectivity index (χ2n) is 4.27. The number of rotatable bonds is 4. The van der Waals surface area contributed by atoms with Crippen LogP contribution in [0, 0.1) is 0 Å². The second-order valence-corrected chi connectivity index (χ2v) is 7.86. The average molecular weight is 394 g/mol. The van der Waals surface area contributed by atoms with Gasteiger partial charge in [0.15, 0.2) is 4.90 Å². The summed E-state index contributed by atoms with van der Waals surface area (Å²) in [6.07, 6.45) is 1.02. The van der Waals surface area contributed by atoms with Gasteiger partial charge in [-0.1, -0.05) is 0 Å². The van der Waals surface area contributed by atoms with Crippen LogP contribution in [0.2, 0.25) is 0 Å². The van der Waals surface area contributed by atoms with E-state index in [9.17, 15) is 18.0 Å². The summed E-state index contributed by atoms with van der Waals surface area (Å²) in [5.74, 6) is 0. The monoisotopic (exact) mass is 393 g/mol. The van der Waals surface area contributed by atoms with Gasteiger partial charge in [0.2, 0.25) is 10.0 Å². The highest BCUT2D eigenvalue weighted by Gasteiger charge is 2.21. The standard InChI is InChI=1S/C11H12BrN3O4S2/c1-14-6-9(10(16)15(2)11(14)17)21(18,19)13-5-8-7(12)3-4-20-8/h3-4,6,13H,5H2,1-2H3. The van der Waals surface area contributed by atoms with E-state index in [0.717, 1.165) is 24.7 Å². The van der Waals surface area contributed by atoms with Crippen molar-refractivity contribution in [3.05, 3.63) is 47.8 Å². The third-order valence-electron chi connectivity index (χ3n) is 2.82. The van der Waals surface area contributed by atoms with Crippen molar-refractivity contribution in [2.75, 3.05) is 0 Å². The first-order chi connectivity index (χ1) is 9.74. The maximum absolute atomic E-state index is 12.2. The number of sulfonamides is 1. The number of nitrogens with zero attached hydrogens (tertiary/aromatic N) is 2. The third kappa shape index (κ3) is 3.18. The molecule has 0 aliphatic heterocycles. The summed E-state index contributed by atoms with van der Waals surface area (Å²) in [4.78, 5) is 23.8. The van der Waals surface area contributed by atoms with E-state index in [0.29, 0.717) is 0 Å². The largest absolute Gasteiger partial charge is 0.330 e. The minimum absolute atomic E-state index is 0.0621. The van der Waals surface area contributed by atoms with Gasteiger partial charge in [0.05, 0.1) is 0 Å². The van der Waals surface area contributed by atoms with Gasteiger partial charge in [-0.15, -0.1) is 11.3 Å². The van der Waals surface area contributed by atoms with E-state index in [4.69, 9.17) is 0 Å². The summed E-state index contributed by atoms with van der Waals surface area (Å²) >= 11 is 4.69. The maximum Gasteiger partial charge on any atom is 0.330 e. The van der Waals surface area contributed by atoms with E-state index < -0.39 is 26.2 Å². The van der Waals surface area contributed by atoms with Crippen molar-refractivity contribution in [3.63, 3.8) is 0 Å². The van der Waals surface area contributed by atoms with Gasteiger partial charge >= 0.3 is 5.69 Å². The molecule has 0 bridgehead atoms. The van der Waals surface area contributed by atoms with Crippen LogP contribution in [0.25, 0.3) is 0 Å². The van der Waals surface area contributed by atoms with Gasteiger partial charge in [0.1, 0.15) is 0 Å². The van der Waals surface area contributed by atoms with Gasteiger partial charge in [-0.05, 0) is 27.4 Å². The molecule has 2 rings (SSSR count). The van der Waals surface area contributed by atoms with Crippen LogP contribution < -0.4 is 16.0 Å². The molecule has 0 aliphatic carbocycles. The Labute approximate surface area is 133 Å². The highest BCUT2D eigenvalue weighted by atomic mass is 79.9. The Morgan fingerprint density at radius 3 is 2.57 bits per heavy atom. The fourth-order valence-electron chi connectivity index (χ4n) is 1.65. The number of halogens is 1. The van der Waals surface area contributed by atoms with Crippen molar-refractivity contribution in [2.24, 2.45) is 14.1 Å². The lowest BCUT2D eigenvalue weighted by molar-refractivity contribution is 0.571. The van der Waals surface area contributed by atoms with Gasteiger partial charge in [0, 0.05) is 36.2 Å². The molecule has 0 fully saturated rings. The van der Waals surface area contributed by atoms with Crippen LogP contribution in [0.15, 0.2) is 36.6 Å². The predicted octanol–water partition coefficient (Wildman–Crippen LogP) is 0.386. The minimum Gasteiger partial charge on any atom is -0.302 e. The molecule has 2 aromatic heterocycles. The summed E-state index contributed by atoms with van der Waals surface area (Å²) in [5, 5.41) is 1.82. The van der Waals surface area contributed by atoms with Crippen LogP contribution in [0.5, 0.6) is 0 Å². The highest BCUT2D eigenvalue weighted by molar-refractivity contribution is 9.10. The van der Waals surface area contributed by atoms with E-state index in [-0.39, 0.29) is 6.54 Å². The van der Waals surface area contributed by atoms with Gasteiger partial charge in [-0.3, -0.25) is 9.36 Å². The van der Waals surface area contributed by atoms with Crippen molar-refractivity contribution in [3.8, 4) is 0 Å². The van der Waals surface area contributed by atoms with Crippen LogP contribution in [0.1, 0.15) is 4.88 Å². The first-order valence-electron chi connectivity index (χ1n) is 5.72. The molecule has 0 amide bonds. The molecule has 7 nitrogen and oxygen atoms in total. The molecule has 114 valence electrons. The smallest absolute Gasteiger partial charge is 0.302 e. The Morgan fingerprint density at radius 2 is 2.00 bits per heavy atom. The topological polar surface area (TPSA) is 90.2 Å². The van der Waals surface area contributed by atoms with Gasteiger partial charge in [-0.25, -0.2) is 17.9 Å². The van der Waals surface area contributed by atoms with Crippen molar-refractivity contribution in [1.29, 1.82) is 0 Å². The summed E-state index contributed by atoms with van der Waals surface area (Å²) in [6, 6.07) is 1.81. The lowest BCUT2D eigenvalue weighted by Gasteiger charge is -2.08. The molecule has 0 spiro atoms. The maximum atomic E-state index is 12.2. The van der Waals surface area contributed by atoms with Crippen LogP contribution in [-0.4, -0.2) is 17.6 Å². The normalized spacial score (nSPS) is 11.8. The molecule has 10 heteroatoms. The van der Waals surface area contributed by atoms with Gasteiger partial charge in [-0.2, -0.15) is 0 Å². The van der Waals surface area contributed by atoms with E-state index in [1.165, 1.54) is 25.4 Å². The van der Waals surface area contributed by atoms with E-state index in [2.05, 4.69) is 20.7 Å². The highest BCUT2D eigenvalue weighted by Crippen LogP contribution is 2.22. The molecule has 0 atom stereocenters. The second kappa shape index (κ2) is 5.87. The van der Waals surface area contributed by atoms with E-state index in [1.807, 2.05) is 5.38 Å². The van der Waals surface area contributed by atoms with Gasteiger partial charge < -0.3 is 4.57 Å². The fraction of sp³-hybridized carbons (Fsp3) is 0.273. The molecule has 2 aromatic rings. The number of hydrogen-bond donors (Lipinski definition) is 1. The zero-order chi connectivity index (χ0) is 15.8. The molecule has 0 saturated heterocycles. The molecular formula is C11H12BrN3O4S2. The Kier molecular flexibility index (Phi) is 4.51. The van der Waals surface area contributed by atoms with Gasteiger partial charge in [0.25, 0.3) is 5.56 Å². The first-order valence-corrected chi connectivity index (χ1v) is 8.88. The molecule has 2 heterocycles. The van der Waals surface area contributed by atoms with Crippen molar-refractivity contribution < 1.29 is 8.42 Å². The molecule has 21 heavy (non-hydrogen) atoms. The van der Waals surface area contributed by atoms with Crippen molar-refractivity contribution in [1.82, 2.24) is 13.9 Å². The lowest BCUT2D eigenvalue weighted by atomic mass is 10.5. The lowest BCUT2D eigenvalue weighted by Crippen LogP contribution is -2.41. The fourth-order valence-corrected chi connectivity index (χ4v) is 4.33. The number of thiophene rings is 1. The number of hydrogen-bond acceptors (Lipinski definition) is 5. The first kappa shape index (κ1) is 16.1. The summed E-state index contributed by atoms with van der Waals surface area (Å²) < 4.78 is 29.4. The molecule has 1 N–H and O–H groups in total. The van der Waals surface area contributed by atoms with E-state index in [1.54, 1.807) is 6.07 Å². The van der Waals surface area contributed by atoms with Crippen molar-refractivity contribution >= 4 is 37.3 Å². The SMILES string of the molecule is Cn1cc(S(=O)(=O)NCc2sccc2Br)c(=O)n(C)c1=O. The van der Waals surface area contributed by atoms with Crippen molar-refractivity contribution in [2.45, 2.75) is 11.4 Å². The zero-order valence-corrected chi connectivity index (χ0v) is 14.4. The summed E-state index contributed by atoms with van der Waals surface area (Å²) in [7, 11) is -1.38. The Balaban J connectivity index is 2.39.